The van der Waals surface area contributed by atoms with Gasteiger partial charge in [0.25, 0.3) is 0 Å². The van der Waals surface area contributed by atoms with Gasteiger partial charge in [-0.05, 0) is 45.4 Å². The van der Waals surface area contributed by atoms with Crippen molar-refractivity contribution >= 4 is 11.6 Å². The number of aryl methyl sites for hydroxylation is 1. The molecule has 3 heterocycles. The number of aromatic nitrogens is 7. The molecule has 0 unspecified atom stereocenters. The average Bonchev–Trinajstić information content (AvgIpc) is 3.42. The first-order valence-electron chi connectivity index (χ1n) is 11.1. The van der Waals surface area contributed by atoms with E-state index in [9.17, 15) is 10.4 Å². The molecule has 0 bridgehead atoms. The minimum atomic E-state index is -0.869. The van der Waals surface area contributed by atoms with Gasteiger partial charge >= 0.3 is 0 Å². The van der Waals surface area contributed by atoms with Crippen LogP contribution in [0.1, 0.15) is 32.0 Å². The summed E-state index contributed by atoms with van der Waals surface area (Å²) < 4.78 is 9.40. The van der Waals surface area contributed by atoms with E-state index in [0.717, 1.165) is 22.5 Å². The van der Waals surface area contributed by atoms with E-state index in [2.05, 4.69) is 36.5 Å². The Kier molecular flexibility index (Phi) is 6.75. The molecule has 2 N–H and O–H groups in total. The van der Waals surface area contributed by atoms with Crippen molar-refractivity contribution in [1.29, 1.82) is 5.26 Å². The number of nitrogens with zero attached hydrogens (tertiary/aromatic N) is 8. The van der Waals surface area contributed by atoms with Crippen LogP contribution in [0.4, 0.5) is 11.6 Å². The summed E-state index contributed by atoms with van der Waals surface area (Å²) in [5.74, 6) is 0.904. The Morgan fingerprint density at radius 2 is 1.97 bits per heavy atom. The molecule has 11 heteroatoms. The molecule has 0 spiro atoms. The first-order valence-corrected chi connectivity index (χ1v) is 11.1. The Morgan fingerprint density at radius 3 is 2.63 bits per heavy atom. The average molecular weight is 474 g/mol. The van der Waals surface area contributed by atoms with Crippen molar-refractivity contribution < 1.29 is 9.84 Å². The van der Waals surface area contributed by atoms with E-state index in [1.807, 2.05) is 32.2 Å². The van der Waals surface area contributed by atoms with Crippen LogP contribution in [0.15, 0.2) is 49.4 Å². The molecule has 4 rings (SSSR count). The Morgan fingerprint density at radius 1 is 1.20 bits per heavy atom. The normalized spacial score (nSPS) is 12.2. The number of ether oxygens (including phenoxy) is 1. The smallest absolute Gasteiger partial charge is 0.227 e. The highest BCUT2D eigenvalue weighted by Crippen LogP contribution is 2.28. The predicted molar refractivity (Wildman–Crippen MR) is 129 cm³/mol. The van der Waals surface area contributed by atoms with Crippen LogP contribution in [-0.4, -0.2) is 51.3 Å². The van der Waals surface area contributed by atoms with Crippen molar-refractivity contribution in [2.45, 2.75) is 52.5 Å². The van der Waals surface area contributed by atoms with Crippen molar-refractivity contribution in [3.05, 3.63) is 60.7 Å². The van der Waals surface area contributed by atoms with Crippen LogP contribution in [0.5, 0.6) is 5.75 Å². The zero-order valence-corrected chi connectivity index (χ0v) is 20.0. The van der Waals surface area contributed by atoms with E-state index in [-0.39, 0.29) is 6.10 Å². The highest BCUT2D eigenvalue weighted by atomic mass is 16.5. The van der Waals surface area contributed by atoms with Gasteiger partial charge in [0, 0.05) is 24.2 Å². The second-order valence-corrected chi connectivity index (χ2v) is 8.93. The second-order valence-electron chi connectivity index (χ2n) is 8.93. The predicted octanol–water partition coefficient (Wildman–Crippen LogP) is 3.09. The highest BCUT2D eigenvalue weighted by molar-refractivity contribution is 5.67. The fourth-order valence-electron chi connectivity index (χ4n) is 3.52. The second kappa shape index (κ2) is 9.90. The summed E-state index contributed by atoms with van der Waals surface area (Å²) in [5, 5.41) is 31.2. The van der Waals surface area contributed by atoms with Gasteiger partial charge in [-0.25, -0.2) is 19.6 Å². The van der Waals surface area contributed by atoms with E-state index >= 15 is 0 Å². The van der Waals surface area contributed by atoms with Gasteiger partial charge in [0.1, 0.15) is 30.6 Å². The molecule has 0 saturated heterocycles. The summed E-state index contributed by atoms with van der Waals surface area (Å²) in [4.78, 5) is 12.8. The van der Waals surface area contributed by atoms with Crippen LogP contribution >= 0.6 is 0 Å². The first-order chi connectivity index (χ1) is 16.7. The van der Waals surface area contributed by atoms with Crippen LogP contribution in [0.2, 0.25) is 0 Å². The number of nitriles is 1. The highest BCUT2D eigenvalue weighted by Gasteiger charge is 2.16. The lowest BCUT2D eigenvalue weighted by Gasteiger charge is -2.16. The van der Waals surface area contributed by atoms with Gasteiger partial charge in [-0.15, -0.1) is 0 Å². The monoisotopic (exact) mass is 473 g/mol. The molecule has 0 amide bonds. The van der Waals surface area contributed by atoms with Gasteiger partial charge in [0.15, 0.2) is 0 Å². The maximum absolute atomic E-state index is 10.0. The van der Waals surface area contributed by atoms with Gasteiger partial charge in [0.2, 0.25) is 5.95 Å². The molecule has 0 fully saturated rings. The fourth-order valence-corrected chi connectivity index (χ4v) is 3.52. The quantitative estimate of drug-likeness (QED) is 0.375. The summed E-state index contributed by atoms with van der Waals surface area (Å²) in [5.41, 5.74) is 2.72. The van der Waals surface area contributed by atoms with Crippen LogP contribution in [0.3, 0.4) is 0 Å². The Balaban J connectivity index is 1.48. The molecule has 0 saturated carbocycles. The standard InChI is InChI=1S/C24H27N9O2/c1-16(11-33-15-26-14-29-33)35-22-7-18(5-6-19(22)8-25)20-9-27-23(28-10-20)30-21-12-32(31-17(21)2)13-24(3,4)34/h5-7,9-10,12,14-16,34H,11,13H2,1-4H3,(H,27,28,30)/t16-/m0/s1. The number of rotatable bonds is 9. The van der Waals surface area contributed by atoms with Crippen molar-refractivity contribution in [2.24, 2.45) is 0 Å². The van der Waals surface area contributed by atoms with Crippen LogP contribution in [0.25, 0.3) is 11.1 Å². The SMILES string of the molecule is Cc1nn(CC(C)(C)O)cc1Nc1ncc(-c2ccc(C#N)c(O[C@@H](C)Cn3cncn3)c2)cn1. The molecule has 0 aliphatic rings. The van der Waals surface area contributed by atoms with Gasteiger partial charge in [-0.1, -0.05) is 6.07 Å². The first kappa shape index (κ1) is 23.8. The Hall–Kier alpha value is -4.30. The lowest BCUT2D eigenvalue weighted by atomic mass is 10.1. The number of anilines is 2. The van der Waals surface area contributed by atoms with Crippen LogP contribution in [0, 0.1) is 18.3 Å². The number of benzene rings is 1. The minimum absolute atomic E-state index is 0.220. The fraction of sp³-hybridized carbons (Fsp3) is 0.333. The summed E-state index contributed by atoms with van der Waals surface area (Å²) in [6, 6.07) is 7.54. The number of nitrogens with one attached hydrogen (secondary N) is 1. The lowest BCUT2D eigenvalue weighted by Crippen LogP contribution is -2.26. The molecule has 1 atom stereocenters. The molecular formula is C24H27N9O2. The van der Waals surface area contributed by atoms with E-state index in [0.29, 0.717) is 30.4 Å². The zero-order valence-electron chi connectivity index (χ0n) is 20.0. The number of hydrogen-bond acceptors (Lipinski definition) is 9. The Bertz CT molecular complexity index is 1320. The Labute approximate surface area is 203 Å². The molecule has 4 aromatic rings. The third-order valence-electron chi connectivity index (χ3n) is 5.07. The van der Waals surface area contributed by atoms with Gasteiger partial charge in [0.05, 0.1) is 35.6 Å². The molecule has 0 radical (unpaired) electrons. The van der Waals surface area contributed by atoms with Crippen LogP contribution in [-0.2, 0) is 13.1 Å². The van der Waals surface area contributed by atoms with Crippen LogP contribution < -0.4 is 10.1 Å². The summed E-state index contributed by atoms with van der Waals surface area (Å²) in [6.07, 6.45) is 8.09. The van der Waals surface area contributed by atoms with Gasteiger partial charge in [-0.2, -0.15) is 15.5 Å². The molecular weight excluding hydrogens is 446 g/mol. The number of hydrogen-bond donors (Lipinski definition) is 2. The molecule has 180 valence electrons. The molecule has 35 heavy (non-hydrogen) atoms. The van der Waals surface area contributed by atoms with E-state index < -0.39 is 5.60 Å². The lowest BCUT2D eigenvalue weighted by molar-refractivity contribution is 0.0577. The largest absolute Gasteiger partial charge is 0.487 e. The molecule has 11 nitrogen and oxygen atoms in total. The molecule has 0 aliphatic carbocycles. The summed E-state index contributed by atoms with van der Waals surface area (Å²) in [6.45, 7) is 8.12. The topological polar surface area (TPSA) is 140 Å². The van der Waals surface area contributed by atoms with E-state index in [1.165, 1.54) is 6.33 Å². The van der Waals surface area contributed by atoms with Crippen molar-refractivity contribution in [3.8, 4) is 22.9 Å². The molecule has 0 aliphatic heterocycles. The maximum atomic E-state index is 10.0. The third kappa shape index (κ3) is 6.18. The van der Waals surface area contributed by atoms with Gasteiger partial charge in [-0.3, -0.25) is 4.68 Å². The van der Waals surface area contributed by atoms with E-state index in [4.69, 9.17) is 4.74 Å². The third-order valence-corrected chi connectivity index (χ3v) is 5.07. The molecule has 3 aromatic heterocycles. The molecule has 1 aromatic carbocycles. The minimum Gasteiger partial charge on any atom is -0.487 e. The maximum Gasteiger partial charge on any atom is 0.227 e. The zero-order chi connectivity index (χ0) is 25.0. The van der Waals surface area contributed by atoms with Crippen molar-refractivity contribution in [2.75, 3.05) is 5.32 Å². The van der Waals surface area contributed by atoms with E-state index in [1.54, 1.807) is 48.0 Å². The summed E-state index contributed by atoms with van der Waals surface area (Å²) >= 11 is 0. The van der Waals surface area contributed by atoms with Crippen molar-refractivity contribution in [3.63, 3.8) is 0 Å². The van der Waals surface area contributed by atoms with Gasteiger partial charge < -0.3 is 15.2 Å². The summed E-state index contributed by atoms with van der Waals surface area (Å²) in [7, 11) is 0. The van der Waals surface area contributed by atoms with Crippen molar-refractivity contribution in [1.82, 2.24) is 34.5 Å². The number of aliphatic hydroxyl groups is 1.